The molecular weight excluding hydrogens is 250 g/mol. The second-order valence-electron chi connectivity index (χ2n) is 5.12. The molecule has 1 atom stereocenters. The SMILES string of the molecule is Cc1ccc2c(c1)O[C@@H](CNCc1ccccc1)CO2. The Morgan fingerprint density at radius 3 is 2.80 bits per heavy atom. The maximum absolute atomic E-state index is 5.96. The summed E-state index contributed by atoms with van der Waals surface area (Å²) in [5.41, 5.74) is 2.46. The fraction of sp³-hybridized carbons (Fsp3) is 0.294. The maximum Gasteiger partial charge on any atom is 0.162 e. The normalized spacial score (nSPS) is 16.9. The summed E-state index contributed by atoms with van der Waals surface area (Å²) in [7, 11) is 0. The van der Waals surface area contributed by atoms with Gasteiger partial charge in [0.2, 0.25) is 0 Å². The average molecular weight is 269 g/mol. The van der Waals surface area contributed by atoms with E-state index in [1.165, 1.54) is 11.1 Å². The van der Waals surface area contributed by atoms with Gasteiger partial charge in [0.05, 0.1) is 0 Å². The smallest absolute Gasteiger partial charge is 0.162 e. The fourth-order valence-corrected chi connectivity index (χ4v) is 2.30. The van der Waals surface area contributed by atoms with Crippen molar-refractivity contribution in [3.8, 4) is 11.5 Å². The van der Waals surface area contributed by atoms with Crippen LogP contribution in [-0.2, 0) is 6.54 Å². The lowest BCUT2D eigenvalue weighted by Crippen LogP contribution is -2.38. The van der Waals surface area contributed by atoms with Crippen molar-refractivity contribution >= 4 is 0 Å². The van der Waals surface area contributed by atoms with E-state index in [1.54, 1.807) is 0 Å². The van der Waals surface area contributed by atoms with Crippen LogP contribution in [0, 0.1) is 6.92 Å². The van der Waals surface area contributed by atoms with Crippen LogP contribution >= 0.6 is 0 Å². The van der Waals surface area contributed by atoms with Gasteiger partial charge in [0.1, 0.15) is 12.7 Å². The number of benzene rings is 2. The lowest BCUT2D eigenvalue weighted by molar-refractivity contribution is 0.0901. The average Bonchev–Trinajstić information content (AvgIpc) is 2.48. The summed E-state index contributed by atoms with van der Waals surface area (Å²) in [6, 6.07) is 16.4. The first-order valence-corrected chi connectivity index (χ1v) is 6.96. The van der Waals surface area contributed by atoms with Crippen molar-refractivity contribution in [1.82, 2.24) is 5.32 Å². The first-order chi connectivity index (χ1) is 9.81. The van der Waals surface area contributed by atoms with Crippen molar-refractivity contribution < 1.29 is 9.47 Å². The van der Waals surface area contributed by atoms with Crippen molar-refractivity contribution in [3.63, 3.8) is 0 Å². The molecule has 0 saturated carbocycles. The van der Waals surface area contributed by atoms with E-state index >= 15 is 0 Å². The van der Waals surface area contributed by atoms with Gasteiger partial charge in [-0.3, -0.25) is 0 Å². The first kappa shape index (κ1) is 13.0. The van der Waals surface area contributed by atoms with E-state index in [2.05, 4.69) is 36.5 Å². The van der Waals surface area contributed by atoms with Gasteiger partial charge in [-0.15, -0.1) is 0 Å². The lowest BCUT2D eigenvalue weighted by atomic mass is 10.2. The minimum absolute atomic E-state index is 0.0630. The molecule has 1 aliphatic rings. The first-order valence-electron chi connectivity index (χ1n) is 6.96. The van der Waals surface area contributed by atoms with Gasteiger partial charge < -0.3 is 14.8 Å². The van der Waals surface area contributed by atoms with Crippen molar-refractivity contribution in [2.24, 2.45) is 0 Å². The van der Waals surface area contributed by atoms with E-state index in [1.807, 2.05) is 24.3 Å². The molecule has 0 bridgehead atoms. The van der Waals surface area contributed by atoms with E-state index in [4.69, 9.17) is 9.47 Å². The van der Waals surface area contributed by atoms with Crippen molar-refractivity contribution in [2.45, 2.75) is 19.6 Å². The molecule has 20 heavy (non-hydrogen) atoms. The van der Waals surface area contributed by atoms with Crippen LogP contribution in [-0.4, -0.2) is 19.3 Å². The summed E-state index contributed by atoms with van der Waals surface area (Å²) in [4.78, 5) is 0. The predicted octanol–water partition coefficient (Wildman–Crippen LogP) is 2.92. The standard InChI is InChI=1S/C17H19NO2/c1-13-7-8-16-17(9-13)20-15(12-19-16)11-18-10-14-5-3-2-4-6-14/h2-9,15,18H,10-12H2,1H3/t15-/m0/s1. The highest BCUT2D eigenvalue weighted by Crippen LogP contribution is 2.32. The highest BCUT2D eigenvalue weighted by atomic mass is 16.6. The largest absolute Gasteiger partial charge is 0.486 e. The summed E-state index contributed by atoms with van der Waals surface area (Å²) in [5, 5.41) is 3.41. The molecular formula is C17H19NO2. The Kier molecular flexibility index (Phi) is 3.88. The molecule has 0 amide bonds. The summed E-state index contributed by atoms with van der Waals surface area (Å²) >= 11 is 0. The van der Waals surface area contributed by atoms with Crippen LogP contribution in [0.3, 0.4) is 0 Å². The number of nitrogens with one attached hydrogen (secondary N) is 1. The van der Waals surface area contributed by atoms with Crippen LogP contribution in [0.5, 0.6) is 11.5 Å². The predicted molar refractivity (Wildman–Crippen MR) is 79.2 cm³/mol. The molecule has 0 aliphatic carbocycles. The van der Waals surface area contributed by atoms with Gasteiger partial charge in [0, 0.05) is 13.1 Å². The van der Waals surface area contributed by atoms with E-state index < -0.39 is 0 Å². The molecule has 0 spiro atoms. The minimum Gasteiger partial charge on any atom is -0.486 e. The zero-order chi connectivity index (χ0) is 13.8. The van der Waals surface area contributed by atoms with Crippen molar-refractivity contribution in [3.05, 3.63) is 59.7 Å². The second kappa shape index (κ2) is 5.97. The number of aryl methyl sites for hydroxylation is 1. The molecule has 1 aliphatic heterocycles. The van der Waals surface area contributed by atoms with Gasteiger partial charge in [0.15, 0.2) is 11.5 Å². The van der Waals surface area contributed by atoms with Gasteiger partial charge in [-0.25, -0.2) is 0 Å². The minimum atomic E-state index is 0.0630. The number of rotatable bonds is 4. The van der Waals surface area contributed by atoms with Gasteiger partial charge in [-0.1, -0.05) is 36.4 Å². The molecule has 3 heteroatoms. The van der Waals surface area contributed by atoms with Gasteiger partial charge in [0.25, 0.3) is 0 Å². The van der Waals surface area contributed by atoms with Crippen molar-refractivity contribution in [1.29, 1.82) is 0 Å². The molecule has 0 radical (unpaired) electrons. The Hall–Kier alpha value is -2.00. The third-order valence-electron chi connectivity index (χ3n) is 3.36. The Labute approximate surface area is 119 Å². The lowest BCUT2D eigenvalue weighted by Gasteiger charge is -2.27. The summed E-state index contributed by atoms with van der Waals surface area (Å²) in [5.74, 6) is 1.69. The molecule has 2 aromatic rings. The molecule has 2 aromatic carbocycles. The van der Waals surface area contributed by atoms with E-state index in [0.29, 0.717) is 6.61 Å². The van der Waals surface area contributed by atoms with Crippen LogP contribution in [0.15, 0.2) is 48.5 Å². The van der Waals surface area contributed by atoms with Gasteiger partial charge in [-0.05, 0) is 30.2 Å². The van der Waals surface area contributed by atoms with Gasteiger partial charge >= 0.3 is 0 Å². The molecule has 3 rings (SSSR count). The quantitative estimate of drug-likeness (QED) is 0.925. The molecule has 1 N–H and O–H groups in total. The zero-order valence-electron chi connectivity index (χ0n) is 11.6. The molecule has 0 saturated heterocycles. The molecule has 0 aromatic heterocycles. The number of hydrogen-bond donors (Lipinski definition) is 1. The Morgan fingerprint density at radius 2 is 1.95 bits per heavy atom. The number of hydrogen-bond acceptors (Lipinski definition) is 3. The van der Waals surface area contributed by atoms with Crippen LogP contribution in [0.25, 0.3) is 0 Å². The maximum atomic E-state index is 5.96. The molecule has 0 unspecified atom stereocenters. The van der Waals surface area contributed by atoms with E-state index in [-0.39, 0.29) is 6.10 Å². The number of fused-ring (bicyclic) bond motifs is 1. The van der Waals surface area contributed by atoms with E-state index in [9.17, 15) is 0 Å². The zero-order valence-corrected chi connectivity index (χ0v) is 11.6. The number of ether oxygens (including phenoxy) is 2. The van der Waals surface area contributed by atoms with Crippen LogP contribution < -0.4 is 14.8 Å². The Bertz CT molecular complexity index is 568. The highest BCUT2D eigenvalue weighted by molar-refractivity contribution is 5.43. The third kappa shape index (κ3) is 3.11. The van der Waals surface area contributed by atoms with Crippen molar-refractivity contribution in [2.75, 3.05) is 13.2 Å². The molecule has 1 heterocycles. The monoisotopic (exact) mass is 269 g/mol. The molecule has 104 valence electrons. The Balaban J connectivity index is 1.53. The topological polar surface area (TPSA) is 30.5 Å². The third-order valence-corrected chi connectivity index (χ3v) is 3.36. The fourth-order valence-electron chi connectivity index (χ4n) is 2.30. The highest BCUT2D eigenvalue weighted by Gasteiger charge is 2.20. The Morgan fingerprint density at radius 1 is 1.10 bits per heavy atom. The summed E-state index contributed by atoms with van der Waals surface area (Å²) < 4.78 is 11.7. The summed E-state index contributed by atoms with van der Waals surface area (Å²) in [6.07, 6.45) is 0.0630. The molecule has 0 fully saturated rings. The van der Waals surface area contributed by atoms with Crippen LogP contribution in [0.1, 0.15) is 11.1 Å². The second-order valence-corrected chi connectivity index (χ2v) is 5.12. The van der Waals surface area contributed by atoms with E-state index in [0.717, 1.165) is 24.6 Å². The summed E-state index contributed by atoms with van der Waals surface area (Å²) in [6.45, 7) is 4.28. The van der Waals surface area contributed by atoms with Gasteiger partial charge in [-0.2, -0.15) is 0 Å². The molecule has 3 nitrogen and oxygen atoms in total. The van der Waals surface area contributed by atoms with Crippen LogP contribution in [0.2, 0.25) is 0 Å². The van der Waals surface area contributed by atoms with Crippen LogP contribution in [0.4, 0.5) is 0 Å².